The molecule has 2 aromatic rings. The Hall–Kier alpha value is -2.64. The molecule has 0 radical (unpaired) electrons. The maximum absolute atomic E-state index is 12.3. The molecule has 0 aliphatic heterocycles. The fourth-order valence-corrected chi connectivity index (χ4v) is 3.42. The molecule has 0 heterocycles. The van der Waals surface area contributed by atoms with Crippen molar-refractivity contribution in [3.8, 4) is 5.75 Å². The number of halogens is 2. The third-order valence-corrected chi connectivity index (χ3v) is 5.14. The Morgan fingerprint density at radius 2 is 1.82 bits per heavy atom. The molecule has 33 heavy (non-hydrogen) atoms. The molecule has 0 saturated carbocycles. The first kappa shape index (κ1) is 26.6. The highest BCUT2D eigenvalue weighted by Gasteiger charge is 2.18. The van der Waals surface area contributed by atoms with E-state index in [2.05, 4.69) is 10.6 Å². The molecular formula is C24H30Cl2N2O5. The number of anilines is 2. The summed E-state index contributed by atoms with van der Waals surface area (Å²) in [5.41, 5.74) is 1.27. The molecular weight excluding hydrogens is 467 g/mol. The number of rotatable bonds is 10. The molecule has 0 aliphatic carbocycles. The second-order valence-corrected chi connectivity index (χ2v) is 9.35. The first-order chi connectivity index (χ1) is 15.5. The van der Waals surface area contributed by atoms with Gasteiger partial charge in [-0.3, -0.25) is 10.1 Å². The van der Waals surface area contributed by atoms with Crippen LogP contribution in [-0.4, -0.2) is 28.9 Å². The predicted molar refractivity (Wildman–Crippen MR) is 132 cm³/mol. The number of ether oxygens (including phenoxy) is 2. The van der Waals surface area contributed by atoms with Crippen LogP contribution in [0.4, 0.5) is 16.2 Å². The lowest BCUT2D eigenvalue weighted by molar-refractivity contribution is -0.137. The maximum Gasteiger partial charge on any atom is 0.412 e. The minimum atomic E-state index is -0.865. The number of aliphatic carboxylic acids is 1. The topological polar surface area (TPSA) is 96.9 Å². The molecule has 180 valence electrons. The molecule has 0 spiro atoms. The average Bonchev–Trinajstić information content (AvgIpc) is 2.70. The Labute approximate surface area is 204 Å². The normalized spacial score (nSPS) is 12.1. The van der Waals surface area contributed by atoms with Gasteiger partial charge in [0.2, 0.25) is 0 Å². The van der Waals surface area contributed by atoms with E-state index in [9.17, 15) is 9.59 Å². The summed E-state index contributed by atoms with van der Waals surface area (Å²) >= 11 is 12.3. The van der Waals surface area contributed by atoms with E-state index in [0.29, 0.717) is 46.6 Å². The van der Waals surface area contributed by atoms with Crippen LogP contribution < -0.4 is 15.4 Å². The van der Waals surface area contributed by atoms with Gasteiger partial charge in [-0.05, 0) is 63.4 Å². The first-order valence-electron chi connectivity index (χ1n) is 10.7. The fraction of sp³-hybridized carbons (Fsp3) is 0.417. The van der Waals surface area contributed by atoms with Gasteiger partial charge in [0.1, 0.15) is 11.4 Å². The summed E-state index contributed by atoms with van der Waals surface area (Å²) in [5, 5.41) is 16.0. The van der Waals surface area contributed by atoms with Gasteiger partial charge < -0.3 is 19.9 Å². The van der Waals surface area contributed by atoms with Gasteiger partial charge in [-0.2, -0.15) is 0 Å². The Morgan fingerprint density at radius 3 is 2.42 bits per heavy atom. The van der Waals surface area contributed by atoms with Crippen molar-refractivity contribution in [2.45, 2.75) is 65.2 Å². The van der Waals surface area contributed by atoms with E-state index in [1.807, 2.05) is 13.0 Å². The second-order valence-electron chi connectivity index (χ2n) is 8.50. The van der Waals surface area contributed by atoms with E-state index in [-0.39, 0.29) is 12.5 Å². The summed E-state index contributed by atoms with van der Waals surface area (Å²) in [6.45, 7) is 7.67. The quantitative estimate of drug-likeness (QED) is 0.328. The highest BCUT2D eigenvalue weighted by Crippen LogP contribution is 2.30. The van der Waals surface area contributed by atoms with Crippen molar-refractivity contribution in [1.29, 1.82) is 0 Å². The van der Waals surface area contributed by atoms with E-state index < -0.39 is 17.7 Å². The predicted octanol–water partition coefficient (Wildman–Crippen LogP) is 6.97. The molecule has 9 heteroatoms. The van der Waals surface area contributed by atoms with E-state index >= 15 is 0 Å². The van der Waals surface area contributed by atoms with Gasteiger partial charge >= 0.3 is 12.1 Å². The smallest absolute Gasteiger partial charge is 0.412 e. The molecule has 0 aliphatic rings. The average molecular weight is 497 g/mol. The zero-order valence-corrected chi connectivity index (χ0v) is 20.7. The van der Waals surface area contributed by atoms with E-state index in [4.69, 9.17) is 37.8 Å². The number of carboxylic acid groups (broad SMARTS) is 1. The van der Waals surface area contributed by atoms with Crippen LogP contribution in [0.1, 0.15) is 52.5 Å². The van der Waals surface area contributed by atoms with E-state index in [1.165, 1.54) is 0 Å². The Balaban J connectivity index is 2.24. The number of carbonyl (C=O) groups excluding carboxylic acids is 1. The Morgan fingerprint density at radius 1 is 1.09 bits per heavy atom. The lowest BCUT2D eigenvalue weighted by Gasteiger charge is -2.22. The van der Waals surface area contributed by atoms with Crippen molar-refractivity contribution < 1.29 is 24.2 Å². The molecule has 7 nitrogen and oxygen atoms in total. The zero-order valence-electron chi connectivity index (χ0n) is 19.2. The van der Waals surface area contributed by atoms with Crippen LogP contribution in [0.2, 0.25) is 10.0 Å². The SMILES string of the molecule is CCC(CCC(=O)O)Oc1ccc(NC(=O)OC(C)(C)C)c(NCc2ccc(Cl)cc2Cl)c1. The maximum atomic E-state index is 12.3. The van der Waals surface area contributed by atoms with Crippen molar-refractivity contribution in [3.05, 3.63) is 52.0 Å². The lowest BCUT2D eigenvalue weighted by atomic mass is 10.1. The number of hydrogen-bond acceptors (Lipinski definition) is 5. The molecule has 2 aromatic carbocycles. The largest absolute Gasteiger partial charge is 0.490 e. The summed E-state index contributed by atoms with van der Waals surface area (Å²) in [4.78, 5) is 23.2. The number of carboxylic acids is 1. The van der Waals surface area contributed by atoms with Crippen LogP contribution in [0.15, 0.2) is 36.4 Å². The van der Waals surface area contributed by atoms with Crippen LogP contribution >= 0.6 is 23.2 Å². The molecule has 0 aromatic heterocycles. The summed E-state index contributed by atoms with van der Waals surface area (Å²) in [5.74, 6) is -0.317. The summed E-state index contributed by atoms with van der Waals surface area (Å²) < 4.78 is 11.4. The fourth-order valence-electron chi connectivity index (χ4n) is 2.94. The highest BCUT2D eigenvalue weighted by molar-refractivity contribution is 6.35. The van der Waals surface area contributed by atoms with Crippen molar-refractivity contribution >= 4 is 46.6 Å². The van der Waals surface area contributed by atoms with Gasteiger partial charge in [0, 0.05) is 29.1 Å². The van der Waals surface area contributed by atoms with Crippen molar-refractivity contribution in [2.75, 3.05) is 10.6 Å². The molecule has 2 rings (SSSR count). The number of hydrogen-bond donors (Lipinski definition) is 3. The van der Waals surface area contributed by atoms with Crippen LogP contribution in [0.25, 0.3) is 0 Å². The second kappa shape index (κ2) is 12.0. The van der Waals surface area contributed by atoms with Crippen molar-refractivity contribution in [3.63, 3.8) is 0 Å². The zero-order chi connectivity index (χ0) is 24.6. The van der Waals surface area contributed by atoms with Crippen LogP contribution in [0.5, 0.6) is 5.75 Å². The van der Waals surface area contributed by atoms with E-state index in [0.717, 1.165) is 5.56 Å². The molecule has 3 N–H and O–H groups in total. The number of amides is 1. The highest BCUT2D eigenvalue weighted by atomic mass is 35.5. The van der Waals surface area contributed by atoms with Crippen molar-refractivity contribution in [2.24, 2.45) is 0 Å². The molecule has 1 unspecified atom stereocenters. The minimum Gasteiger partial charge on any atom is -0.490 e. The van der Waals surface area contributed by atoms with Gasteiger partial charge in [0.05, 0.1) is 17.5 Å². The molecule has 1 atom stereocenters. The third kappa shape index (κ3) is 9.40. The Kier molecular flexibility index (Phi) is 9.68. The number of nitrogens with one attached hydrogen (secondary N) is 2. The molecule has 1 amide bonds. The summed E-state index contributed by atoms with van der Waals surface area (Å²) in [6, 6.07) is 10.4. The molecule has 0 bridgehead atoms. The third-order valence-electron chi connectivity index (χ3n) is 4.55. The van der Waals surface area contributed by atoms with Gasteiger partial charge in [-0.25, -0.2) is 4.79 Å². The summed E-state index contributed by atoms with van der Waals surface area (Å²) in [7, 11) is 0. The standard InChI is InChI=1S/C24H30Cl2N2O5/c1-5-17(9-11-22(29)30)32-18-8-10-20(28-23(31)33-24(2,3)4)21(13-18)27-14-15-6-7-16(25)12-19(15)26/h6-8,10,12-13,17,27H,5,9,11,14H2,1-4H3,(H,28,31)(H,29,30). The number of benzene rings is 2. The van der Waals surface area contributed by atoms with Gasteiger partial charge in [0.25, 0.3) is 0 Å². The lowest BCUT2D eigenvalue weighted by Crippen LogP contribution is -2.27. The van der Waals surface area contributed by atoms with Gasteiger partial charge in [-0.15, -0.1) is 0 Å². The van der Waals surface area contributed by atoms with Crippen molar-refractivity contribution in [1.82, 2.24) is 0 Å². The van der Waals surface area contributed by atoms with Crippen LogP contribution in [0, 0.1) is 0 Å². The van der Waals surface area contributed by atoms with E-state index in [1.54, 1.807) is 51.1 Å². The summed E-state index contributed by atoms with van der Waals surface area (Å²) in [6.07, 6.45) is 0.249. The molecule has 0 saturated heterocycles. The monoisotopic (exact) mass is 496 g/mol. The molecule has 0 fully saturated rings. The van der Waals surface area contributed by atoms with Crippen LogP contribution in [0.3, 0.4) is 0 Å². The first-order valence-corrected chi connectivity index (χ1v) is 11.4. The minimum absolute atomic E-state index is 0.0248. The van der Waals surface area contributed by atoms with Crippen LogP contribution in [-0.2, 0) is 16.1 Å². The Bertz CT molecular complexity index is 976. The van der Waals surface area contributed by atoms with Gasteiger partial charge in [-0.1, -0.05) is 36.2 Å². The number of carbonyl (C=O) groups is 2. The van der Waals surface area contributed by atoms with Gasteiger partial charge in [0.15, 0.2) is 0 Å².